The maximum atomic E-state index is 12.9. The summed E-state index contributed by atoms with van der Waals surface area (Å²) in [6.07, 6.45) is 0. The molecule has 4 aromatic rings. The summed E-state index contributed by atoms with van der Waals surface area (Å²) in [5, 5.41) is 8.13. The van der Waals surface area contributed by atoms with Crippen molar-refractivity contribution in [3.8, 4) is 0 Å². The Morgan fingerprint density at radius 3 is 1.72 bits per heavy atom. The van der Waals surface area contributed by atoms with Crippen molar-refractivity contribution in [1.29, 1.82) is 0 Å². The molecule has 8 heteroatoms. The predicted octanol–water partition coefficient (Wildman–Crippen LogP) is 5.46. The highest BCUT2D eigenvalue weighted by atomic mass is 32.2. The first-order chi connectivity index (χ1) is 15.6. The van der Waals surface area contributed by atoms with Crippen LogP contribution in [0.25, 0.3) is 0 Å². The highest BCUT2D eigenvalue weighted by Crippen LogP contribution is 2.20. The van der Waals surface area contributed by atoms with E-state index in [1.54, 1.807) is 23.6 Å². The number of nitrogens with zero attached hydrogens (tertiary/aromatic N) is 2. The average molecular weight is 461 g/mol. The Bertz CT molecular complexity index is 1260. The molecule has 6 nitrogen and oxygen atoms in total. The highest BCUT2D eigenvalue weighted by molar-refractivity contribution is 7.92. The van der Waals surface area contributed by atoms with E-state index in [0.29, 0.717) is 11.5 Å². The van der Waals surface area contributed by atoms with Crippen LogP contribution in [0.5, 0.6) is 0 Å². The summed E-state index contributed by atoms with van der Waals surface area (Å²) in [5.41, 5.74) is 2.17. The Hall–Kier alpha value is -3.75. The summed E-state index contributed by atoms with van der Waals surface area (Å²) in [7, 11) is -3.91. The molecule has 0 saturated heterocycles. The summed E-state index contributed by atoms with van der Waals surface area (Å²) in [6, 6.07) is 31.2. The molecule has 0 unspecified atom stereocenters. The number of thiophene rings is 1. The van der Waals surface area contributed by atoms with Crippen molar-refractivity contribution >= 4 is 44.5 Å². The normalized spacial score (nSPS) is 11.6. The van der Waals surface area contributed by atoms with Gasteiger partial charge in [0.2, 0.25) is 5.96 Å². The molecule has 32 heavy (non-hydrogen) atoms. The van der Waals surface area contributed by atoms with Crippen LogP contribution < -0.4 is 10.6 Å². The number of sulfonamides is 1. The SMILES string of the molecule is O=S(=O)(N=C(N=C(Nc1ccccc1)Nc1ccccc1)c1ccccc1)c1cccs1. The van der Waals surface area contributed by atoms with Gasteiger partial charge in [0.05, 0.1) is 0 Å². The number of anilines is 2. The minimum Gasteiger partial charge on any atom is -0.326 e. The van der Waals surface area contributed by atoms with Gasteiger partial charge in [-0.25, -0.2) is 0 Å². The van der Waals surface area contributed by atoms with Gasteiger partial charge in [-0.15, -0.1) is 15.7 Å². The molecule has 0 aliphatic heterocycles. The predicted molar refractivity (Wildman–Crippen MR) is 132 cm³/mol. The maximum Gasteiger partial charge on any atom is 0.293 e. The number of hydrogen-bond donors (Lipinski definition) is 2. The molecule has 0 spiro atoms. The van der Waals surface area contributed by atoms with Crippen LogP contribution in [0, 0.1) is 0 Å². The van der Waals surface area contributed by atoms with Crippen LogP contribution in [0.2, 0.25) is 0 Å². The van der Waals surface area contributed by atoms with Gasteiger partial charge >= 0.3 is 0 Å². The fraction of sp³-hybridized carbons (Fsp3) is 0. The molecule has 160 valence electrons. The van der Waals surface area contributed by atoms with Gasteiger partial charge in [0.15, 0.2) is 5.84 Å². The summed E-state index contributed by atoms with van der Waals surface area (Å²) < 4.78 is 30.0. The van der Waals surface area contributed by atoms with E-state index in [4.69, 9.17) is 0 Å². The van der Waals surface area contributed by atoms with E-state index >= 15 is 0 Å². The zero-order valence-electron chi connectivity index (χ0n) is 16.9. The van der Waals surface area contributed by atoms with Gasteiger partial charge in [0, 0.05) is 16.9 Å². The second-order valence-corrected chi connectivity index (χ2v) is 9.41. The monoisotopic (exact) mass is 460 g/mol. The van der Waals surface area contributed by atoms with E-state index in [1.807, 2.05) is 78.9 Å². The number of amidine groups is 1. The Labute approximate surface area is 191 Å². The smallest absolute Gasteiger partial charge is 0.293 e. The number of aliphatic imine (C=N–C) groups is 1. The van der Waals surface area contributed by atoms with Crippen LogP contribution in [-0.4, -0.2) is 20.2 Å². The summed E-state index contributed by atoms with van der Waals surface area (Å²) in [6.45, 7) is 0. The molecule has 0 fully saturated rings. The second kappa shape index (κ2) is 10.0. The van der Waals surface area contributed by atoms with Gasteiger partial charge in [-0.05, 0) is 35.7 Å². The first-order valence-electron chi connectivity index (χ1n) is 9.77. The van der Waals surface area contributed by atoms with Crippen molar-refractivity contribution < 1.29 is 8.42 Å². The number of rotatable bonds is 5. The third-order valence-corrected chi connectivity index (χ3v) is 6.92. The molecule has 1 heterocycles. The lowest BCUT2D eigenvalue weighted by Gasteiger charge is -2.13. The second-order valence-electron chi connectivity index (χ2n) is 6.63. The van der Waals surface area contributed by atoms with Crippen molar-refractivity contribution in [3.63, 3.8) is 0 Å². The van der Waals surface area contributed by atoms with Crippen molar-refractivity contribution in [3.05, 3.63) is 114 Å². The fourth-order valence-electron chi connectivity index (χ4n) is 2.80. The van der Waals surface area contributed by atoms with E-state index in [1.165, 1.54) is 6.07 Å². The first-order valence-corrected chi connectivity index (χ1v) is 12.1. The minimum atomic E-state index is -3.91. The molecular formula is C24H20N4O2S2. The minimum absolute atomic E-state index is 0.0702. The lowest BCUT2D eigenvalue weighted by molar-refractivity contribution is 0.600. The molecule has 0 radical (unpaired) electrons. The number of para-hydroxylation sites is 2. The van der Waals surface area contributed by atoms with Gasteiger partial charge in [-0.2, -0.15) is 13.4 Å². The third-order valence-electron chi connectivity index (χ3n) is 4.28. The molecule has 0 aliphatic rings. The standard InChI is InChI=1S/C24H20N4O2S2/c29-32(30,22-17-10-18-31-22)28-23(19-11-4-1-5-12-19)27-24(25-20-13-6-2-7-14-20)26-21-15-8-3-9-16-21/h1-18H,(H2,25,26,27,28). The molecule has 0 bridgehead atoms. The van der Waals surface area contributed by atoms with Gasteiger partial charge in [0.25, 0.3) is 10.0 Å². The first kappa shape index (κ1) is 21.5. The van der Waals surface area contributed by atoms with Gasteiger partial charge in [0.1, 0.15) is 4.21 Å². The van der Waals surface area contributed by atoms with E-state index < -0.39 is 10.0 Å². The highest BCUT2D eigenvalue weighted by Gasteiger charge is 2.17. The van der Waals surface area contributed by atoms with Crippen molar-refractivity contribution in [2.75, 3.05) is 10.6 Å². The van der Waals surface area contributed by atoms with Crippen LogP contribution >= 0.6 is 11.3 Å². The van der Waals surface area contributed by atoms with Crippen LogP contribution in [-0.2, 0) is 10.0 Å². The van der Waals surface area contributed by atoms with E-state index in [2.05, 4.69) is 20.0 Å². The Balaban J connectivity index is 1.80. The zero-order valence-corrected chi connectivity index (χ0v) is 18.6. The van der Waals surface area contributed by atoms with Crippen LogP contribution in [0.1, 0.15) is 5.56 Å². The van der Waals surface area contributed by atoms with Crippen LogP contribution in [0.4, 0.5) is 11.4 Å². The largest absolute Gasteiger partial charge is 0.326 e. The summed E-state index contributed by atoms with van der Waals surface area (Å²) in [4.78, 5) is 4.60. The van der Waals surface area contributed by atoms with Crippen LogP contribution in [0.3, 0.4) is 0 Å². The number of benzene rings is 3. The fourth-order valence-corrected chi connectivity index (χ4v) is 4.73. The molecule has 0 aliphatic carbocycles. The zero-order chi connectivity index (χ0) is 22.2. The van der Waals surface area contributed by atoms with Crippen molar-refractivity contribution in [1.82, 2.24) is 0 Å². The average Bonchev–Trinajstić information content (AvgIpc) is 3.37. The molecule has 3 aromatic carbocycles. The molecule has 2 N–H and O–H groups in total. The Kier molecular flexibility index (Phi) is 6.74. The number of nitrogens with one attached hydrogen (secondary N) is 2. The van der Waals surface area contributed by atoms with Crippen molar-refractivity contribution in [2.45, 2.75) is 4.21 Å². The summed E-state index contributed by atoms with van der Waals surface area (Å²) >= 11 is 1.12. The van der Waals surface area contributed by atoms with Crippen molar-refractivity contribution in [2.24, 2.45) is 9.39 Å². The molecule has 4 rings (SSSR count). The summed E-state index contributed by atoms with van der Waals surface area (Å²) in [5.74, 6) is 0.409. The Morgan fingerprint density at radius 2 is 1.22 bits per heavy atom. The molecule has 0 saturated carbocycles. The molecular weight excluding hydrogens is 440 g/mol. The Morgan fingerprint density at radius 1 is 0.688 bits per heavy atom. The maximum absolute atomic E-state index is 12.9. The number of hydrogen-bond acceptors (Lipinski definition) is 3. The molecule has 1 aromatic heterocycles. The van der Waals surface area contributed by atoms with E-state index in [-0.39, 0.29) is 10.0 Å². The lowest BCUT2D eigenvalue weighted by atomic mass is 10.2. The van der Waals surface area contributed by atoms with Crippen LogP contribution in [0.15, 0.2) is 122 Å². The van der Waals surface area contributed by atoms with Gasteiger partial charge in [-0.3, -0.25) is 0 Å². The lowest BCUT2D eigenvalue weighted by Crippen LogP contribution is -2.24. The number of guanidine groups is 1. The van der Waals surface area contributed by atoms with Gasteiger partial charge in [-0.1, -0.05) is 72.8 Å². The van der Waals surface area contributed by atoms with Gasteiger partial charge < -0.3 is 10.6 Å². The third kappa shape index (κ3) is 5.69. The topological polar surface area (TPSA) is 82.9 Å². The van der Waals surface area contributed by atoms with E-state index in [0.717, 1.165) is 22.7 Å². The quantitative estimate of drug-likeness (QED) is 0.306. The molecule has 0 atom stereocenters. The molecule has 0 amide bonds. The van der Waals surface area contributed by atoms with E-state index in [9.17, 15) is 8.42 Å².